The zero-order valence-electron chi connectivity index (χ0n) is 20.9. The van der Waals surface area contributed by atoms with Crippen molar-refractivity contribution in [3.63, 3.8) is 0 Å². The molecule has 1 heterocycles. The van der Waals surface area contributed by atoms with Crippen LogP contribution in [-0.4, -0.2) is 0 Å². The maximum absolute atomic E-state index is 2.63. The van der Waals surface area contributed by atoms with E-state index in [1.807, 2.05) is 10.6 Å². The molecule has 1 aromatic carbocycles. The van der Waals surface area contributed by atoms with Gasteiger partial charge in [0.05, 0.1) is 0 Å². The molecule has 4 rings (SSSR count). The molecule has 0 amide bonds. The van der Waals surface area contributed by atoms with Crippen molar-refractivity contribution in [2.75, 3.05) is 0 Å². The highest BCUT2D eigenvalue weighted by atomic mass is 31.1. The van der Waals surface area contributed by atoms with E-state index in [2.05, 4.69) is 84.0 Å². The minimum atomic E-state index is -0.331. The van der Waals surface area contributed by atoms with E-state index in [0.717, 1.165) is 47.3 Å². The molecule has 31 heavy (non-hydrogen) atoms. The van der Waals surface area contributed by atoms with Crippen LogP contribution in [0.3, 0.4) is 0 Å². The Morgan fingerprint density at radius 1 is 0.645 bits per heavy atom. The second-order valence-corrected chi connectivity index (χ2v) is 13.9. The van der Waals surface area contributed by atoms with E-state index in [0.29, 0.717) is 0 Å². The lowest BCUT2D eigenvalue weighted by Gasteiger charge is -2.40. The quantitative estimate of drug-likeness (QED) is 0.437. The van der Waals surface area contributed by atoms with Crippen LogP contribution in [0.4, 0.5) is 0 Å². The van der Waals surface area contributed by atoms with Gasteiger partial charge in [-0.1, -0.05) is 104 Å². The number of hydrogen-bond acceptors (Lipinski definition) is 0. The molecule has 0 nitrogen and oxygen atoms in total. The Morgan fingerprint density at radius 3 is 1.52 bits per heavy atom. The summed E-state index contributed by atoms with van der Waals surface area (Å²) in [5.74, 6) is 6.59. The van der Waals surface area contributed by atoms with Gasteiger partial charge < -0.3 is 0 Å². The molecule has 170 valence electrons. The van der Waals surface area contributed by atoms with Crippen LogP contribution in [0.2, 0.25) is 0 Å². The molecule has 1 aromatic heterocycles. The van der Waals surface area contributed by atoms with Crippen LogP contribution in [0, 0.1) is 35.5 Å². The summed E-state index contributed by atoms with van der Waals surface area (Å²) < 4.78 is 0. The van der Waals surface area contributed by atoms with Crippen molar-refractivity contribution in [3.8, 4) is 5.30 Å². The molecule has 0 aliphatic heterocycles. The maximum Gasteiger partial charge on any atom is -0.00166 e. The summed E-state index contributed by atoms with van der Waals surface area (Å²) in [7, 11) is -0.331. The standard InChI is InChI=1S/C30H45P/c1-20(2)25-14-12-22(5)18-27(25)29-16-17-30(31(29)24-10-8-7-9-11-24)28-19-23(6)13-15-26(28)21(3)4/h7-11,16-17,20-23,25-28H,12-15,18-19H2,1-6H3/t22-,23-,25+,26+,27-,28-/m1/s1. The van der Waals surface area contributed by atoms with Crippen molar-refractivity contribution in [3.05, 3.63) is 53.1 Å². The summed E-state index contributed by atoms with van der Waals surface area (Å²) in [6, 6.07) is 16.9. The first kappa shape index (κ1) is 23.2. The Bertz CT molecular complexity index is 780. The second-order valence-electron chi connectivity index (χ2n) is 11.7. The summed E-state index contributed by atoms with van der Waals surface area (Å²) in [6.45, 7) is 14.9. The topological polar surface area (TPSA) is 0 Å². The largest absolute Gasteiger partial charge is 0.0862 e. The molecule has 2 aromatic rings. The SMILES string of the molecule is CC(C)[C@@H]1CC[C@@H](C)C[C@H]1c1ccc([C@@H]2C[C@H](C)CC[C@H]2C(C)C)p1-c1ccccc1. The van der Waals surface area contributed by atoms with Crippen molar-refractivity contribution in [1.29, 1.82) is 0 Å². The van der Waals surface area contributed by atoms with E-state index in [1.165, 1.54) is 38.5 Å². The van der Waals surface area contributed by atoms with E-state index in [1.54, 1.807) is 5.30 Å². The van der Waals surface area contributed by atoms with Gasteiger partial charge in [-0.3, -0.25) is 0 Å². The van der Waals surface area contributed by atoms with Gasteiger partial charge in [0.25, 0.3) is 0 Å². The molecular weight excluding hydrogens is 391 g/mol. The third kappa shape index (κ3) is 4.85. The van der Waals surface area contributed by atoms with Crippen LogP contribution in [-0.2, 0) is 0 Å². The summed E-state index contributed by atoms with van der Waals surface area (Å²) in [5.41, 5.74) is 0. The molecule has 0 radical (unpaired) electrons. The van der Waals surface area contributed by atoms with Crippen molar-refractivity contribution in [2.45, 2.75) is 91.9 Å². The van der Waals surface area contributed by atoms with Crippen molar-refractivity contribution in [2.24, 2.45) is 35.5 Å². The van der Waals surface area contributed by atoms with Crippen molar-refractivity contribution in [1.82, 2.24) is 0 Å². The molecule has 2 saturated carbocycles. The van der Waals surface area contributed by atoms with Crippen molar-refractivity contribution < 1.29 is 0 Å². The fourth-order valence-electron chi connectivity index (χ4n) is 7.01. The Morgan fingerprint density at radius 2 is 1.10 bits per heavy atom. The highest BCUT2D eigenvalue weighted by Crippen LogP contribution is 2.60. The molecule has 6 atom stereocenters. The highest BCUT2D eigenvalue weighted by molar-refractivity contribution is 7.58. The first-order valence-electron chi connectivity index (χ1n) is 13.1. The average molecular weight is 437 g/mol. The zero-order valence-corrected chi connectivity index (χ0v) is 21.7. The zero-order chi connectivity index (χ0) is 22.1. The Hall–Kier alpha value is -1.00. The van der Waals surface area contributed by atoms with E-state index < -0.39 is 0 Å². The van der Waals surface area contributed by atoms with Gasteiger partial charge in [-0.2, -0.15) is 0 Å². The molecule has 2 fully saturated rings. The fraction of sp³-hybridized carbons (Fsp3) is 0.667. The number of rotatable bonds is 5. The Kier molecular flexibility index (Phi) is 7.37. The van der Waals surface area contributed by atoms with Crippen LogP contribution in [0.25, 0.3) is 5.30 Å². The summed E-state index contributed by atoms with van der Waals surface area (Å²) in [4.78, 5) is 0. The predicted molar refractivity (Wildman–Crippen MR) is 139 cm³/mol. The fourth-order valence-corrected chi connectivity index (χ4v) is 10.1. The molecular formula is C30H45P. The summed E-state index contributed by atoms with van der Waals surface area (Å²) in [5, 5.41) is 5.25. The molecule has 2 aliphatic carbocycles. The van der Waals surface area contributed by atoms with Gasteiger partial charge in [0.2, 0.25) is 0 Å². The van der Waals surface area contributed by atoms with Gasteiger partial charge in [-0.05, 0) is 88.9 Å². The minimum Gasteiger partial charge on any atom is -0.0862 e. The van der Waals surface area contributed by atoms with Crippen LogP contribution < -0.4 is 0 Å². The first-order valence-corrected chi connectivity index (χ1v) is 14.5. The Balaban J connectivity index is 1.83. The van der Waals surface area contributed by atoms with E-state index in [-0.39, 0.29) is 7.53 Å². The van der Waals surface area contributed by atoms with Gasteiger partial charge in [-0.25, -0.2) is 0 Å². The Labute approximate surface area is 193 Å². The highest BCUT2D eigenvalue weighted by Gasteiger charge is 2.37. The smallest absolute Gasteiger partial charge is 0.00166 e. The van der Waals surface area contributed by atoms with Gasteiger partial charge in [-0.15, -0.1) is 0 Å². The molecule has 2 aliphatic rings. The van der Waals surface area contributed by atoms with Gasteiger partial charge in [0.15, 0.2) is 0 Å². The van der Waals surface area contributed by atoms with E-state index >= 15 is 0 Å². The lowest BCUT2D eigenvalue weighted by Crippen LogP contribution is -2.26. The van der Waals surface area contributed by atoms with E-state index in [9.17, 15) is 0 Å². The molecule has 1 heteroatoms. The number of hydrogen-bond donors (Lipinski definition) is 0. The molecule has 0 saturated heterocycles. The first-order chi connectivity index (χ1) is 14.9. The van der Waals surface area contributed by atoms with Gasteiger partial charge >= 0.3 is 0 Å². The lowest BCUT2D eigenvalue weighted by atomic mass is 9.69. The third-order valence-corrected chi connectivity index (χ3v) is 11.6. The van der Waals surface area contributed by atoms with Crippen LogP contribution in [0.15, 0.2) is 42.5 Å². The molecule has 0 spiro atoms. The third-order valence-electron chi connectivity index (χ3n) is 8.76. The van der Waals surface area contributed by atoms with Gasteiger partial charge in [0.1, 0.15) is 0 Å². The monoisotopic (exact) mass is 436 g/mol. The van der Waals surface area contributed by atoms with Crippen LogP contribution >= 0.6 is 7.53 Å². The molecule has 0 N–H and O–H groups in total. The van der Waals surface area contributed by atoms with Crippen molar-refractivity contribution >= 4 is 7.53 Å². The molecule has 0 bridgehead atoms. The predicted octanol–water partition coefficient (Wildman–Crippen LogP) is 10.0. The maximum atomic E-state index is 2.63. The average Bonchev–Trinajstić information content (AvgIpc) is 3.18. The van der Waals surface area contributed by atoms with Gasteiger partial charge in [0, 0.05) is 0 Å². The summed E-state index contributed by atoms with van der Waals surface area (Å²) in [6.07, 6.45) is 8.48. The minimum absolute atomic E-state index is 0.331. The van der Waals surface area contributed by atoms with E-state index in [4.69, 9.17) is 0 Å². The van der Waals surface area contributed by atoms with Crippen LogP contribution in [0.5, 0.6) is 0 Å². The summed E-state index contributed by atoms with van der Waals surface area (Å²) >= 11 is 0. The molecule has 0 unspecified atom stereocenters. The number of benzene rings is 1. The lowest BCUT2D eigenvalue weighted by molar-refractivity contribution is 0.199. The van der Waals surface area contributed by atoms with Crippen LogP contribution in [0.1, 0.15) is 102 Å². The normalized spacial score (nSPS) is 32.0. The second kappa shape index (κ2) is 9.87.